The SMILES string of the molecule is CC1(C)CC(NC(=O)C=CC(=O)O)CC(C)(CNC(=O)C=CC(=O)O)C1. The summed E-state index contributed by atoms with van der Waals surface area (Å²) in [5, 5.41) is 22.7. The third-order valence-corrected chi connectivity index (χ3v) is 4.23. The van der Waals surface area contributed by atoms with Gasteiger partial charge in [0.05, 0.1) is 0 Å². The number of rotatable bonds is 7. The Balaban J connectivity index is 2.72. The number of carbonyl (C=O) groups is 4. The molecule has 1 saturated carbocycles. The molecule has 0 heterocycles. The number of carbonyl (C=O) groups excluding carboxylic acids is 2. The molecule has 0 saturated heterocycles. The Labute approximate surface area is 152 Å². The number of hydrogen-bond acceptors (Lipinski definition) is 4. The molecule has 2 amide bonds. The van der Waals surface area contributed by atoms with E-state index in [4.69, 9.17) is 10.2 Å². The molecule has 8 heteroatoms. The van der Waals surface area contributed by atoms with Crippen LogP contribution in [0.3, 0.4) is 0 Å². The summed E-state index contributed by atoms with van der Waals surface area (Å²) in [5.74, 6) is -3.33. The molecule has 0 aromatic heterocycles. The van der Waals surface area contributed by atoms with Crippen molar-refractivity contribution in [1.82, 2.24) is 10.6 Å². The lowest BCUT2D eigenvalue weighted by molar-refractivity contribution is -0.132. The summed E-state index contributed by atoms with van der Waals surface area (Å²) in [5.41, 5.74) is -0.369. The van der Waals surface area contributed by atoms with Gasteiger partial charge in [0.1, 0.15) is 0 Å². The van der Waals surface area contributed by atoms with Crippen molar-refractivity contribution in [2.24, 2.45) is 10.8 Å². The quantitative estimate of drug-likeness (QED) is 0.499. The molecular formula is C18H26N2O6. The van der Waals surface area contributed by atoms with E-state index < -0.39 is 23.8 Å². The number of amides is 2. The van der Waals surface area contributed by atoms with Gasteiger partial charge in [-0.3, -0.25) is 9.59 Å². The highest BCUT2D eigenvalue weighted by Gasteiger charge is 2.41. The lowest BCUT2D eigenvalue weighted by Gasteiger charge is -2.46. The van der Waals surface area contributed by atoms with Crippen LogP contribution in [0.25, 0.3) is 0 Å². The summed E-state index contributed by atoms with van der Waals surface area (Å²) in [4.78, 5) is 44.5. The fourth-order valence-corrected chi connectivity index (χ4v) is 3.77. The van der Waals surface area contributed by atoms with Crippen molar-refractivity contribution >= 4 is 23.8 Å². The molecule has 0 aromatic rings. The van der Waals surface area contributed by atoms with Crippen molar-refractivity contribution in [2.75, 3.05) is 6.54 Å². The Morgan fingerprint density at radius 1 is 0.923 bits per heavy atom. The van der Waals surface area contributed by atoms with Crippen LogP contribution in [-0.4, -0.2) is 46.6 Å². The molecule has 1 rings (SSSR count). The second-order valence-electron chi connectivity index (χ2n) is 7.83. The van der Waals surface area contributed by atoms with Gasteiger partial charge in [-0.2, -0.15) is 0 Å². The van der Waals surface area contributed by atoms with Crippen LogP contribution in [-0.2, 0) is 19.2 Å². The molecule has 144 valence electrons. The zero-order valence-corrected chi connectivity index (χ0v) is 15.2. The molecule has 1 fully saturated rings. The van der Waals surface area contributed by atoms with E-state index in [1.807, 2.05) is 6.92 Å². The normalized spacial score (nSPS) is 25.1. The minimum absolute atomic E-state index is 0.0803. The van der Waals surface area contributed by atoms with E-state index >= 15 is 0 Å². The molecule has 0 radical (unpaired) electrons. The third kappa shape index (κ3) is 7.96. The Kier molecular flexibility index (Phi) is 7.11. The van der Waals surface area contributed by atoms with E-state index in [2.05, 4.69) is 24.5 Å². The lowest BCUT2D eigenvalue weighted by Crippen LogP contribution is -2.50. The van der Waals surface area contributed by atoms with Gasteiger partial charge in [-0.15, -0.1) is 0 Å². The highest BCUT2D eigenvalue weighted by molar-refractivity contribution is 5.94. The standard InChI is InChI=1S/C18H26N2O6/c1-17(2)8-12(20-14(22)5-7-16(25)26)9-18(3,10-17)11-19-13(21)4-6-15(23)24/h4-7,12H,8-11H2,1-3H3,(H,19,21)(H,20,22)(H,23,24)(H,25,26). The van der Waals surface area contributed by atoms with Crippen molar-refractivity contribution in [3.8, 4) is 0 Å². The van der Waals surface area contributed by atoms with E-state index in [9.17, 15) is 19.2 Å². The maximum absolute atomic E-state index is 11.9. The summed E-state index contributed by atoms with van der Waals surface area (Å²) < 4.78 is 0. The van der Waals surface area contributed by atoms with Crippen molar-refractivity contribution in [3.63, 3.8) is 0 Å². The Morgan fingerprint density at radius 2 is 1.46 bits per heavy atom. The van der Waals surface area contributed by atoms with Gasteiger partial charge in [-0.05, 0) is 30.1 Å². The molecule has 0 bridgehead atoms. The number of carboxylic acid groups (broad SMARTS) is 2. The highest BCUT2D eigenvalue weighted by Crippen LogP contribution is 2.45. The van der Waals surface area contributed by atoms with Crippen LogP contribution in [0.4, 0.5) is 0 Å². The monoisotopic (exact) mass is 366 g/mol. The Morgan fingerprint density at radius 3 is 2.00 bits per heavy atom. The average Bonchev–Trinajstić information content (AvgIpc) is 2.47. The summed E-state index contributed by atoms with van der Waals surface area (Å²) in [6, 6.07) is -0.152. The van der Waals surface area contributed by atoms with E-state index in [1.165, 1.54) is 0 Å². The predicted molar refractivity (Wildman–Crippen MR) is 94.2 cm³/mol. The fraction of sp³-hybridized carbons (Fsp3) is 0.556. The van der Waals surface area contributed by atoms with Gasteiger partial charge in [0.2, 0.25) is 11.8 Å². The van der Waals surface area contributed by atoms with E-state index in [0.29, 0.717) is 13.0 Å². The fourth-order valence-electron chi connectivity index (χ4n) is 3.77. The smallest absolute Gasteiger partial charge is 0.328 e. The van der Waals surface area contributed by atoms with Crippen LogP contribution < -0.4 is 10.6 Å². The first-order valence-corrected chi connectivity index (χ1v) is 8.31. The summed E-state index contributed by atoms with van der Waals surface area (Å²) in [6.45, 7) is 6.49. The molecule has 0 aliphatic heterocycles. The lowest BCUT2D eigenvalue weighted by atomic mass is 9.62. The number of nitrogens with one attached hydrogen (secondary N) is 2. The van der Waals surface area contributed by atoms with Gasteiger partial charge in [-0.25, -0.2) is 9.59 Å². The molecule has 0 aromatic carbocycles. The van der Waals surface area contributed by atoms with Gasteiger partial charge in [0, 0.05) is 36.9 Å². The minimum Gasteiger partial charge on any atom is -0.478 e. The van der Waals surface area contributed by atoms with Crippen LogP contribution in [0.1, 0.15) is 40.0 Å². The minimum atomic E-state index is -1.19. The number of carboxylic acids is 2. The van der Waals surface area contributed by atoms with Crippen LogP contribution in [0, 0.1) is 10.8 Å². The summed E-state index contributed by atoms with van der Waals surface area (Å²) in [6.07, 6.45) is 5.70. The first-order valence-electron chi connectivity index (χ1n) is 8.31. The van der Waals surface area contributed by atoms with Gasteiger partial charge < -0.3 is 20.8 Å². The van der Waals surface area contributed by atoms with E-state index in [-0.39, 0.29) is 16.9 Å². The average molecular weight is 366 g/mol. The topological polar surface area (TPSA) is 133 Å². The van der Waals surface area contributed by atoms with Crippen LogP contribution in [0.15, 0.2) is 24.3 Å². The second-order valence-corrected chi connectivity index (χ2v) is 7.83. The second kappa shape index (κ2) is 8.64. The largest absolute Gasteiger partial charge is 0.478 e. The molecule has 4 N–H and O–H groups in total. The third-order valence-electron chi connectivity index (χ3n) is 4.23. The first-order chi connectivity index (χ1) is 11.9. The van der Waals surface area contributed by atoms with Gasteiger partial charge in [-0.1, -0.05) is 20.8 Å². The Bertz CT molecular complexity index is 638. The van der Waals surface area contributed by atoms with Crippen molar-refractivity contribution in [1.29, 1.82) is 0 Å². The number of aliphatic carboxylic acids is 2. The Hall–Kier alpha value is -2.64. The van der Waals surface area contributed by atoms with Gasteiger partial charge in [0.25, 0.3) is 0 Å². The molecule has 8 nitrogen and oxygen atoms in total. The van der Waals surface area contributed by atoms with Gasteiger partial charge >= 0.3 is 11.9 Å². The molecule has 26 heavy (non-hydrogen) atoms. The molecule has 2 unspecified atom stereocenters. The molecule has 0 spiro atoms. The first kappa shape index (κ1) is 21.4. The van der Waals surface area contributed by atoms with Crippen LogP contribution in [0.5, 0.6) is 0 Å². The summed E-state index contributed by atoms with van der Waals surface area (Å²) >= 11 is 0. The zero-order valence-electron chi connectivity index (χ0n) is 15.2. The molecule has 1 aliphatic rings. The molecular weight excluding hydrogens is 340 g/mol. The maximum atomic E-state index is 11.9. The predicted octanol–water partition coefficient (Wildman–Crippen LogP) is 1.09. The van der Waals surface area contributed by atoms with Crippen molar-refractivity contribution in [3.05, 3.63) is 24.3 Å². The van der Waals surface area contributed by atoms with Crippen molar-refractivity contribution < 1.29 is 29.4 Å². The zero-order chi connectivity index (χ0) is 20.0. The van der Waals surface area contributed by atoms with Crippen molar-refractivity contribution in [2.45, 2.75) is 46.1 Å². The molecule has 1 aliphatic carbocycles. The highest BCUT2D eigenvalue weighted by atomic mass is 16.4. The van der Waals surface area contributed by atoms with Gasteiger partial charge in [0.15, 0.2) is 0 Å². The van der Waals surface area contributed by atoms with E-state index in [1.54, 1.807) is 0 Å². The van der Waals surface area contributed by atoms with Crippen LogP contribution in [0.2, 0.25) is 0 Å². The van der Waals surface area contributed by atoms with Crippen LogP contribution >= 0.6 is 0 Å². The number of hydrogen-bond donors (Lipinski definition) is 4. The van der Waals surface area contributed by atoms with E-state index in [0.717, 1.165) is 37.1 Å². The summed E-state index contributed by atoms with van der Waals surface area (Å²) in [7, 11) is 0. The molecule has 2 atom stereocenters. The maximum Gasteiger partial charge on any atom is 0.328 e.